The van der Waals surface area contributed by atoms with Gasteiger partial charge in [-0.2, -0.15) is 0 Å². The molecule has 0 aromatic rings. The first kappa shape index (κ1) is 14.8. The lowest BCUT2D eigenvalue weighted by Crippen LogP contribution is -2.56. The minimum atomic E-state index is -0.531. The van der Waals surface area contributed by atoms with E-state index >= 15 is 0 Å². The lowest BCUT2D eigenvalue weighted by atomic mass is 9.94. The van der Waals surface area contributed by atoms with Crippen LogP contribution in [0.15, 0.2) is 0 Å². The topological polar surface area (TPSA) is 58.4 Å². The van der Waals surface area contributed by atoms with Crippen molar-refractivity contribution in [3.8, 4) is 0 Å². The van der Waals surface area contributed by atoms with Crippen LogP contribution < -0.4 is 11.1 Å². The fraction of sp³-hybridized carbons (Fsp3) is 0.933. The van der Waals surface area contributed by atoms with Crippen molar-refractivity contribution in [2.45, 2.75) is 76.4 Å². The van der Waals surface area contributed by atoms with Crippen LogP contribution in [-0.4, -0.2) is 41.5 Å². The number of hydrogen-bond acceptors (Lipinski definition) is 3. The highest BCUT2D eigenvalue weighted by Crippen LogP contribution is 2.25. The summed E-state index contributed by atoms with van der Waals surface area (Å²) in [6, 6.07) is 1.22. The SMILES string of the molecule is CCC1CCCCN1CCC(C)(NC1CC1)C(N)=O. The van der Waals surface area contributed by atoms with Crippen LogP contribution in [0.25, 0.3) is 0 Å². The second-order valence-corrected chi connectivity index (χ2v) is 6.46. The Morgan fingerprint density at radius 2 is 2.11 bits per heavy atom. The maximum Gasteiger partial charge on any atom is 0.237 e. The Labute approximate surface area is 117 Å². The lowest BCUT2D eigenvalue weighted by Gasteiger charge is -2.38. The molecule has 0 aromatic carbocycles. The molecule has 2 aliphatic rings. The largest absolute Gasteiger partial charge is 0.368 e. The van der Waals surface area contributed by atoms with Crippen molar-refractivity contribution < 1.29 is 4.79 Å². The monoisotopic (exact) mass is 267 g/mol. The van der Waals surface area contributed by atoms with Gasteiger partial charge in [0.15, 0.2) is 0 Å². The number of piperidine rings is 1. The summed E-state index contributed by atoms with van der Waals surface area (Å²) in [7, 11) is 0. The van der Waals surface area contributed by atoms with Crippen LogP contribution in [0.3, 0.4) is 0 Å². The Bertz CT molecular complexity index is 317. The van der Waals surface area contributed by atoms with E-state index in [0.29, 0.717) is 12.1 Å². The average molecular weight is 267 g/mol. The zero-order valence-corrected chi connectivity index (χ0v) is 12.5. The molecule has 2 fully saturated rings. The van der Waals surface area contributed by atoms with Crippen molar-refractivity contribution in [2.75, 3.05) is 13.1 Å². The van der Waals surface area contributed by atoms with Crippen molar-refractivity contribution in [1.29, 1.82) is 0 Å². The minimum absolute atomic E-state index is 0.204. The predicted octanol–water partition coefficient (Wildman–Crippen LogP) is 1.64. The van der Waals surface area contributed by atoms with Gasteiger partial charge in [-0.15, -0.1) is 0 Å². The first-order valence-corrected chi connectivity index (χ1v) is 7.87. The van der Waals surface area contributed by atoms with Crippen molar-refractivity contribution in [3.63, 3.8) is 0 Å². The van der Waals surface area contributed by atoms with E-state index in [0.717, 1.165) is 13.0 Å². The third-order valence-electron chi connectivity index (χ3n) is 4.76. The van der Waals surface area contributed by atoms with Gasteiger partial charge in [0.1, 0.15) is 0 Å². The standard InChI is InChI=1S/C15H29N3O/c1-3-13-6-4-5-10-18(13)11-9-15(2,14(16)19)17-12-7-8-12/h12-13,17H,3-11H2,1-2H3,(H2,16,19). The van der Waals surface area contributed by atoms with E-state index in [4.69, 9.17) is 5.73 Å². The molecule has 4 heteroatoms. The molecule has 0 spiro atoms. The summed E-state index contributed by atoms with van der Waals surface area (Å²) in [6.07, 6.45) is 8.36. The Kier molecular flexibility index (Phi) is 4.85. The molecule has 1 heterocycles. The maximum absolute atomic E-state index is 11.7. The molecule has 2 rings (SSSR count). The van der Waals surface area contributed by atoms with Gasteiger partial charge in [-0.1, -0.05) is 13.3 Å². The number of rotatable bonds is 7. The van der Waals surface area contributed by atoms with Gasteiger partial charge in [0.2, 0.25) is 5.91 Å². The highest BCUT2D eigenvalue weighted by atomic mass is 16.1. The highest BCUT2D eigenvalue weighted by Gasteiger charge is 2.37. The third kappa shape index (κ3) is 3.93. The summed E-state index contributed by atoms with van der Waals surface area (Å²) in [5, 5.41) is 3.44. The zero-order chi connectivity index (χ0) is 13.9. The zero-order valence-electron chi connectivity index (χ0n) is 12.5. The van der Waals surface area contributed by atoms with Crippen LogP contribution in [0.5, 0.6) is 0 Å². The summed E-state index contributed by atoms with van der Waals surface area (Å²) in [4.78, 5) is 14.3. The summed E-state index contributed by atoms with van der Waals surface area (Å²) < 4.78 is 0. The molecule has 1 saturated carbocycles. The number of nitrogens with one attached hydrogen (secondary N) is 1. The number of carbonyl (C=O) groups excluding carboxylic acids is 1. The second-order valence-electron chi connectivity index (χ2n) is 6.46. The first-order chi connectivity index (χ1) is 9.05. The summed E-state index contributed by atoms with van der Waals surface area (Å²) in [5.74, 6) is -0.204. The average Bonchev–Trinajstić information content (AvgIpc) is 3.20. The molecule has 4 nitrogen and oxygen atoms in total. The quantitative estimate of drug-likeness (QED) is 0.737. The number of nitrogens with zero attached hydrogens (tertiary/aromatic N) is 1. The Balaban J connectivity index is 1.88. The minimum Gasteiger partial charge on any atom is -0.368 e. The molecular weight excluding hydrogens is 238 g/mol. The summed E-state index contributed by atoms with van der Waals surface area (Å²) in [5.41, 5.74) is 5.08. The van der Waals surface area contributed by atoms with Gasteiger partial charge in [-0.25, -0.2) is 0 Å². The van der Waals surface area contributed by atoms with E-state index < -0.39 is 5.54 Å². The molecule has 0 radical (unpaired) electrons. The molecule has 19 heavy (non-hydrogen) atoms. The predicted molar refractivity (Wildman–Crippen MR) is 77.9 cm³/mol. The number of amides is 1. The molecule has 1 aliphatic heterocycles. The Hall–Kier alpha value is -0.610. The molecular formula is C15H29N3O. The molecule has 2 atom stereocenters. The van der Waals surface area contributed by atoms with Crippen LogP contribution in [0, 0.1) is 0 Å². The van der Waals surface area contributed by atoms with Crippen molar-refractivity contribution in [1.82, 2.24) is 10.2 Å². The smallest absolute Gasteiger partial charge is 0.237 e. The molecule has 110 valence electrons. The lowest BCUT2D eigenvalue weighted by molar-refractivity contribution is -0.124. The van der Waals surface area contributed by atoms with Crippen LogP contribution in [0.1, 0.15) is 58.8 Å². The summed E-state index contributed by atoms with van der Waals surface area (Å²) in [6.45, 7) is 6.39. The molecule has 3 N–H and O–H groups in total. The van der Waals surface area contributed by atoms with Gasteiger partial charge in [0.05, 0.1) is 5.54 Å². The Morgan fingerprint density at radius 1 is 1.37 bits per heavy atom. The normalized spacial score (nSPS) is 28.0. The van der Waals surface area contributed by atoms with E-state index in [1.165, 1.54) is 45.1 Å². The number of likely N-dealkylation sites (tertiary alicyclic amines) is 1. The maximum atomic E-state index is 11.7. The molecule has 2 unspecified atom stereocenters. The molecule has 1 aliphatic carbocycles. The van der Waals surface area contributed by atoms with E-state index in [1.54, 1.807) is 0 Å². The van der Waals surface area contributed by atoms with Crippen molar-refractivity contribution in [3.05, 3.63) is 0 Å². The van der Waals surface area contributed by atoms with Gasteiger partial charge >= 0.3 is 0 Å². The van der Waals surface area contributed by atoms with Crippen LogP contribution in [-0.2, 0) is 4.79 Å². The molecule has 1 saturated heterocycles. The van der Waals surface area contributed by atoms with E-state index in [1.807, 2.05) is 6.92 Å². The fourth-order valence-electron chi connectivity index (χ4n) is 3.13. The fourth-order valence-corrected chi connectivity index (χ4v) is 3.13. The summed E-state index contributed by atoms with van der Waals surface area (Å²) >= 11 is 0. The first-order valence-electron chi connectivity index (χ1n) is 7.87. The van der Waals surface area contributed by atoms with Gasteiger partial charge < -0.3 is 16.0 Å². The Morgan fingerprint density at radius 3 is 2.68 bits per heavy atom. The van der Waals surface area contributed by atoms with Crippen molar-refractivity contribution in [2.24, 2.45) is 5.73 Å². The number of carbonyl (C=O) groups is 1. The van der Waals surface area contributed by atoms with Gasteiger partial charge in [0.25, 0.3) is 0 Å². The van der Waals surface area contributed by atoms with Crippen molar-refractivity contribution >= 4 is 5.91 Å². The molecule has 0 bridgehead atoms. The van der Waals surface area contributed by atoms with Crippen LogP contribution in [0.4, 0.5) is 0 Å². The van der Waals surface area contributed by atoms with Crippen LogP contribution in [0.2, 0.25) is 0 Å². The van der Waals surface area contributed by atoms with Gasteiger partial charge in [-0.05, 0) is 52.0 Å². The van der Waals surface area contributed by atoms with E-state index in [2.05, 4.69) is 17.1 Å². The van der Waals surface area contributed by atoms with Gasteiger partial charge in [-0.3, -0.25) is 4.79 Å². The molecule has 1 amide bonds. The number of hydrogen-bond donors (Lipinski definition) is 2. The number of nitrogens with two attached hydrogens (primary N) is 1. The van der Waals surface area contributed by atoms with Gasteiger partial charge in [0, 0.05) is 18.6 Å². The highest BCUT2D eigenvalue weighted by molar-refractivity contribution is 5.84. The second kappa shape index (κ2) is 6.23. The number of primary amides is 1. The third-order valence-corrected chi connectivity index (χ3v) is 4.76. The van der Waals surface area contributed by atoms with E-state index in [-0.39, 0.29) is 5.91 Å². The van der Waals surface area contributed by atoms with E-state index in [9.17, 15) is 4.79 Å². The molecule has 0 aromatic heterocycles. The van der Waals surface area contributed by atoms with Crippen LogP contribution >= 0.6 is 0 Å².